The first-order valence-corrected chi connectivity index (χ1v) is 10.9. The van der Waals surface area contributed by atoms with Crippen molar-refractivity contribution in [1.82, 2.24) is 10.6 Å². The van der Waals surface area contributed by atoms with Gasteiger partial charge in [0.1, 0.15) is 5.75 Å². The second kappa shape index (κ2) is 12.5. The topological polar surface area (TPSA) is 84.5 Å². The predicted molar refractivity (Wildman–Crippen MR) is 121 cm³/mol. The third-order valence-electron chi connectivity index (χ3n) is 4.90. The van der Waals surface area contributed by atoms with Crippen molar-refractivity contribution in [3.05, 3.63) is 65.2 Å². The average Bonchev–Trinajstić information content (AvgIpc) is 2.80. The van der Waals surface area contributed by atoms with Crippen molar-refractivity contribution < 1.29 is 19.1 Å². The van der Waals surface area contributed by atoms with E-state index in [4.69, 9.17) is 4.74 Å². The van der Waals surface area contributed by atoms with Gasteiger partial charge in [-0.2, -0.15) is 0 Å². The number of benzene rings is 2. The maximum Gasteiger partial charge on any atom is 0.251 e. The molecular weight excluding hydrogens is 392 g/mol. The molecule has 6 nitrogen and oxygen atoms in total. The van der Waals surface area contributed by atoms with Gasteiger partial charge in [-0.1, -0.05) is 26.0 Å². The van der Waals surface area contributed by atoms with Crippen molar-refractivity contribution in [3.63, 3.8) is 0 Å². The summed E-state index contributed by atoms with van der Waals surface area (Å²) in [5.74, 6) is 0.321. The van der Waals surface area contributed by atoms with E-state index in [1.54, 1.807) is 42.5 Å². The number of hydrogen-bond donors (Lipinski definition) is 2. The molecule has 2 rings (SSSR count). The molecule has 0 heterocycles. The maximum atomic E-state index is 12.3. The van der Waals surface area contributed by atoms with Crippen LogP contribution >= 0.6 is 0 Å². The van der Waals surface area contributed by atoms with Gasteiger partial charge in [0.05, 0.1) is 6.61 Å². The summed E-state index contributed by atoms with van der Waals surface area (Å²) in [6, 6.07) is 14.3. The van der Waals surface area contributed by atoms with Gasteiger partial charge >= 0.3 is 0 Å². The lowest BCUT2D eigenvalue weighted by Gasteiger charge is -2.12. The van der Waals surface area contributed by atoms with Crippen LogP contribution in [0.3, 0.4) is 0 Å². The molecule has 166 valence electrons. The van der Waals surface area contributed by atoms with Crippen molar-refractivity contribution >= 4 is 17.6 Å². The second-order valence-corrected chi connectivity index (χ2v) is 7.56. The number of carbonyl (C=O) groups is 3. The molecule has 0 aliphatic heterocycles. The lowest BCUT2D eigenvalue weighted by molar-refractivity contribution is -0.121. The van der Waals surface area contributed by atoms with Crippen molar-refractivity contribution in [2.45, 2.75) is 59.0 Å². The van der Waals surface area contributed by atoms with E-state index in [0.29, 0.717) is 24.3 Å². The molecule has 1 unspecified atom stereocenters. The Hall–Kier alpha value is -3.15. The van der Waals surface area contributed by atoms with Gasteiger partial charge in [0.15, 0.2) is 5.78 Å². The lowest BCUT2D eigenvalue weighted by atomic mass is 10.1. The van der Waals surface area contributed by atoms with Gasteiger partial charge in [0.25, 0.3) is 5.91 Å². The fourth-order valence-electron chi connectivity index (χ4n) is 2.85. The molecule has 0 aromatic heterocycles. The first-order chi connectivity index (χ1) is 14.9. The third-order valence-corrected chi connectivity index (χ3v) is 4.90. The number of hydrogen-bond acceptors (Lipinski definition) is 4. The highest BCUT2D eigenvalue weighted by Crippen LogP contribution is 2.14. The van der Waals surface area contributed by atoms with Crippen molar-refractivity contribution in [1.29, 1.82) is 0 Å². The standard InChI is InChI=1S/C25H32N2O4/c1-4-15-31-22-11-9-20(10-12-22)23(28)13-14-24(29)26-17-19-7-6-8-21(16-19)25(30)27-18(3)5-2/h6-12,16,18H,4-5,13-15,17H2,1-3H3,(H,26,29)(H,27,30). The number of rotatable bonds is 12. The molecule has 0 aliphatic carbocycles. The van der Waals surface area contributed by atoms with Crippen LogP contribution in [0.25, 0.3) is 0 Å². The van der Waals surface area contributed by atoms with E-state index in [9.17, 15) is 14.4 Å². The molecule has 0 saturated carbocycles. The molecule has 31 heavy (non-hydrogen) atoms. The minimum absolute atomic E-state index is 0.0825. The van der Waals surface area contributed by atoms with Crippen LogP contribution in [0.5, 0.6) is 5.75 Å². The fourth-order valence-corrected chi connectivity index (χ4v) is 2.85. The molecule has 0 fully saturated rings. The van der Waals surface area contributed by atoms with Crippen LogP contribution < -0.4 is 15.4 Å². The van der Waals surface area contributed by atoms with Crippen LogP contribution in [0.4, 0.5) is 0 Å². The quantitative estimate of drug-likeness (QED) is 0.498. The summed E-state index contributed by atoms with van der Waals surface area (Å²) in [5.41, 5.74) is 1.96. The molecule has 0 bridgehead atoms. The average molecular weight is 425 g/mol. The summed E-state index contributed by atoms with van der Waals surface area (Å²) in [4.78, 5) is 36.7. The van der Waals surface area contributed by atoms with E-state index in [-0.39, 0.29) is 36.5 Å². The van der Waals surface area contributed by atoms with E-state index >= 15 is 0 Å². The normalized spacial score (nSPS) is 11.5. The van der Waals surface area contributed by atoms with E-state index < -0.39 is 0 Å². The largest absolute Gasteiger partial charge is 0.494 e. The smallest absolute Gasteiger partial charge is 0.251 e. The molecule has 6 heteroatoms. The van der Waals surface area contributed by atoms with E-state index in [0.717, 1.165) is 24.2 Å². The first kappa shape index (κ1) is 24.1. The minimum Gasteiger partial charge on any atom is -0.494 e. The molecular formula is C25H32N2O4. The Balaban J connectivity index is 1.79. The van der Waals surface area contributed by atoms with E-state index in [1.165, 1.54) is 0 Å². The maximum absolute atomic E-state index is 12.3. The second-order valence-electron chi connectivity index (χ2n) is 7.56. The Morgan fingerprint density at radius 2 is 1.71 bits per heavy atom. The Labute approximate surface area is 184 Å². The zero-order valence-electron chi connectivity index (χ0n) is 18.6. The summed E-state index contributed by atoms with van der Waals surface area (Å²) >= 11 is 0. The van der Waals surface area contributed by atoms with Gasteiger partial charge in [0.2, 0.25) is 5.91 Å². The van der Waals surface area contributed by atoms with Gasteiger partial charge in [-0.15, -0.1) is 0 Å². The Bertz CT molecular complexity index is 877. The molecule has 0 saturated heterocycles. The molecule has 2 aromatic rings. The van der Waals surface area contributed by atoms with E-state index in [2.05, 4.69) is 10.6 Å². The van der Waals surface area contributed by atoms with Crippen molar-refractivity contribution in [3.8, 4) is 5.75 Å². The van der Waals surface area contributed by atoms with Gasteiger partial charge in [-0.25, -0.2) is 0 Å². The molecule has 2 aromatic carbocycles. The van der Waals surface area contributed by atoms with Crippen LogP contribution in [0.2, 0.25) is 0 Å². The first-order valence-electron chi connectivity index (χ1n) is 10.9. The SMILES string of the molecule is CCCOc1ccc(C(=O)CCC(=O)NCc2cccc(C(=O)NC(C)CC)c2)cc1. The van der Waals surface area contributed by atoms with Crippen LogP contribution in [0.15, 0.2) is 48.5 Å². The van der Waals surface area contributed by atoms with Crippen LogP contribution in [0.1, 0.15) is 72.7 Å². The molecule has 2 amide bonds. The van der Waals surface area contributed by atoms with Gasteiger partial charge < -0.3 is 15.4 Å². The third kappa shape index (κ3) is 8.24. The zero-order chi connectivity index (χ0) is 22.6. The number of amides is 2. The van der Waals surface area contributed by atoms with Gasteiger partial charge in [0, 0.05) is 36.6 Å². The highest BCUT2D eigenvalue weighted by atomic mass is 16.5. The van der Waals surface area contributed by atoms with Crippen molar-refractivity contribution in [2.24, 2.45) is 0 Å². The van der Waals surface area contributed by atoms with Crippen molar-refractivity contribution in [2.75, 3.05) is 6.61 Å². The Morgan fingerprint density at radius 3 is 2.39 bits per heavy atom. The monoisotopic (exact) mass is 424 g/mol. The summed E-state index contributed by atoms with van der Waals surface area (Å²) in [7, 11) is 0. The Morgan fingerprint density at radius 1 is 0.968 bits per heavy atom. The molecule has 0 aliphatic rings. The number of ether oxygens (including phenoxy) is 1. The Kier molecular flexibility index (Phi) is 9.75. The number of ketones is 1. The summed E-state index contributed by atoms with van der Waals surface area (Å²) < 4.78 is 5.51. The number of Topliss-reactive ketones (excluding diaryl/α,β-unsaturated/α-hetero) is 1. The fraction of sp³-hybridized carbons (Fsp3) is 0.400. The summed E-state index contributed by atoms with van der Waals surface area (Å²) in [6.07, 6.45) is 2.03. The molecule has 0 radical (unpaired) electrons. The highest BCUT2D eigenvalue weighted by molar-refractivity contribution is 5.98. The minimum atomic E-state index is -0.203. The highest BCUT2D eigenvalue weighted by Gasteiger charge is 2.11. The predicted octanol–water partition coefficient (Wildman–Crippen LogP) is 4.28. The number of carbonyl (C=O) groups excluding carboxylic acids is 3. The zero-order valence-corrected chi connectivity index (χ0v) is 18.6. The molecule has 1 atom stereocenters. The van der Waals surface area contributed by atoms with Crippen LogP contribution in [0, 0.1) is 0 Å². The molecule has 0 spiro atoms. The molecule has 2 N–H and O–H groups in total. The van der Waals surface area contributed by atoms with Gasteiger partial charge in [-0.3, -0.25) is 14.4 Å². The summed E-state index contributed by atoms with van der Waals surface area (Å²) in [6.45, 7) is 6.95. The van der Waals surface area contributed by atoms with Gasteiger partial charge in [-0.05, 0) is 61.7 Å². The van der Waals surface area contributed by atoms with Crippen LogP contribution in [-0.2, 0) is 11.3 Å². The van der Waals surface area contributed by atoms with E-state index in [1.807, 2.05) is 26.8 Å². The lowest BCUT2D eigenvalue weighted by Crippen LogP contribution is -2.32. The number of nitrogens with one attached hydrogen (secondary N) is 2. The van der Waals surface area contributed by atoms with Crippen LogP contribution in [-0.4, -0.2) is 30.2 Å². The summed E-state index contributed by atoms with van der Waals surface area (Å²) in [5, 5.41) is 5.74.